The average Bonchev–Trinajstić information content (AvgIpc) is 2.91. The number of hydrogen-bond acceptors (Lipinski definition) is 4. The van der Waals surface area contributed by atoms with Crippen molar-refractivity contribution in [1.29, 1.82) is 0 Å². The van der Waals surface area contributed by atoms with Gasteiger partial charge >= 0.3 is 0 Å². The minimum absolute atomic E-state index is 0.00923. The van der Waals surface area contributed by atoms with Gasteiger partial charge in [0.15, 0.2) is 0 Å². The molecule has 0 bridgehead atoms. The fraction of sp³-hybridized carbons (Fsp3) is 0.276. The van der Waals surface area contributed by atoms with E-state index >= 15 is 0 Å². The second kappa shape index (κ2) is 12.8. The van der Waals surface area contributed by atoms with Crippen LogP contribution in [0.5, 0.6) is 0 Å². The van der Waals surface area contributed by atoms with Crippen LogP contribution in [-0.2, 0) is 4.79 Å². The van der Waals surface area contributed by atoms with E-state index in [1.54, 1.807) is 12.3 Å². The van der Waals surface area contributed by atoms with E-state index in [1.807, 2.05) is 60.7 Å². The zero-order chi connectivity index (χ0) is 24.3. The lowest BCUT2D eigenvalue weighted by Gasteiger charge is -2.21. The molecule has 0 saturated heterocycles. The highest BCUT2D eigenvalue weighted by atomic mass is 32.2. The van der Waals surface area contributed by atoms with Gasteiger partial charge in [-0.05, 0) is 67.1 Å². The predicted molar refractivity (Wildman–Crippen MR) is 141 cm³/mol. The maximum absolute atomic E-state index is 13.0. The van der Waals surface area contributed by atoms with E-state index < -0.39 is 0 Å². The average molecular weight is 484 g/mol. The van der Waals surface area contributed by atoms with Crippen molar-refractivity contribution < 1.29 is 9.59 Å². The normalized spacial score (nSPS) is 13.4. The Hall–Kier alpha value is -3.56. The van der Waals surface area contributed by atoms with Gasteiger partial charge in [0, 0.05) is 28.9 Å². The van der Waals surface area contributed by atoms with Crippen LogP contribution in [0.2, 0.25) is 0 Å². The van der Waals surface area contributed by atoms with Crippen LogP contribution in [0.1, 0.15) is 53.7 Å². The van der Waals surface area contributed by atoms with Gasteiger partial charge in [0.25, 0.3) is 5.91 Å². The Balaban J connectivity index is 1.34. The zero-order valence-corrected chi connectivity index (χ0v) is 20.4. The number of nitrogens with one attached hydrogen (secondary N) is 2. The van der Waals surface area contributed by atoms with Crippen LogP contribution >= 0.6 is 11.8 Å². The van der Waals surface area contributed by atoms with Gasteiger partial charge in [0.1, 0.15) is 5.69 Å². The number of carbonyl (C=O) groups is 2. The van der Waals surface area contributed by atoms with Gasteiger partial charge in [-0.3, -0.25) is 9.59 Å². The van der Waals surface area contributed by atoms with Crippen molar-refractivity contribution in [2.75, 3.05) is 17.6 Å². The highest BCUT2D eigenvalue weighted by Crippen LogP contribution is 2.25. The number of rotatable bonds is 7. The molecule has 4 rings (SSSR count). The third kappa shape index (κ3) is 7.73. The molecule has 1 aliphatic carbocycles. The smallest absolute Gasteiger partial charge is 0.256 e. The summed E-state index contributed by atoms with van der Waals surface area (Å²) in [4.78, 5) is 30.4. The molecule has 5 nitrogen and oxygen atoms in total. The van der Waals surface area contributed by atoms with Gasteiger partial charge in [0.05, 0.1) is 11.3 Å². The van der Waals surface area contributed by atoms with Crippen molar-refractivity contribution in [3.8, 4) is 11.8 Å². The van der Waals surface area contributed by atoms with Crippen molar-refractivity contribution >= 4 is 29.3 Å². The van der Waals surface area contributed by atoms with Crippen molar-refractivity contribution in [2.45, 2.75) is 37.0 Å². The fourth-order valence-corrected chi connectivity index (χ4v) is 4.95. The molecule has 2 aromatic carbocycles. The number of aromatic nitrogens is 1. The van der Waals surface area contributed by atoms with E-state index in [-0.39, 0.29) is 17.6 Å². The summed E-state index contributed by atoms with van der Waals surface area (Å²) >= 11 is 1.39. The molecule has 0 unspecified atom stereocenters. The van der Waals surface area contributed by atoms with Gasteiger partial charge < -0.3 is 10.6 Å². The Morgan fingerprint density at radius 1 is 0.943 bits per heavy atom. The lowest BCUT2D eigenvalue weighted by atomic mass is 9.89. The first-order valence-electron chi connectivity index (χ1n) is 12.0. The van der Waals surface area contributed by atoms with Gasteiger partial charge in [-0.2, -0.15) is 0 Å². The summed E-state index contributed by atoms with van der Waals surface area (Å²) in [5, 5.41) is 6.02. The van der Waals surface area contributed by atoms with Crippen LogP contribution in [-0.4, -0.2) is 29.1 Å². The number of benzene rings is 2. The number of hydrogen-bond donors (Lipinski definition) is 2. The van der Waals surface area contributed by atoms with Gasteiger partial charge in [0.2, 0.25) is 5.91 Å². The molecule has 0 radical (unpaired) electrons. The molecular weight excluding hydrogens is 454 g/mol. The second-order valence-electron chi connectivity index (χ2n) is 8.59. The molecule has 1 saturated carbocycles. The van der Waals surface area contributed by atoms with Crippen molar-refractivity contribution in [1.82, 2.24) is 10.3 Å². The maximum Gasteiger partial charge on any atom is 0.256 e. The van der Waals surface area contributed by atoms with Crippen LogP contribution in [0, 0.1) is 17.8 Å². The monoisotopic (exact) mass is 483 g/mol. The molecule has 1 fully saturated rings. The molecule has 1 aliphatic rings. The first-order valence-corrected chi connectivity index (χ1v) is 13.0. The molecule has 0 spiro atoms. The van der Waals surface area contributed by atoms with Crippen molar-refractivity contribution in [3.63, 3.8) is 0 Å². The first-order chi connectivity index (χ1) is 17.2. The van der Waals surface area contributed by atoms with E-state index in [9.17, 15) is 9.59 Å². The predicted octanol–water partition coefficient (Wildman–Crippen LogP) is 5.52. The topological polar surface area (TPSA) is 71.1 Å². The van der Waals surface area contributed by atoms with Crippen molar-refractivity contribution in [2.24, 2.45) is 5.92 Å². The van der Waals surface area contributed by atoms with Crippen LogP contribution in [0.4, 0.5) is 5.69 Å². The summed E-state index contributed by atoms with van der Waals surface area (Å²) in [5.41, 5.74) is 2.68. The number of amides is 2. The van der Waals surface area contributed by atoms with E-state index in [1.165, 1.54) is 43.9 Å². The molecule has 35 heavy (non-hydrogen) atoms. The minimum Gasteiger partial charge on any atom is -0.355 e. The van der Waals surface area contributed by atoms with Crippen LogP contribution in [0.25, 0.3) is 0 Å². The number of anilines is 1. The standard InChI is InChI=1S/C29H29N3O2S/c33-28(31-20-23-9-2-1-3-10-23)21-35-27-15-5-4-14-26(27)29(34)32-25-13-8-11-22(19-25)16-17-24-12-6-7-18-30-24/h4-8,11-15,18-19,23H,1-3,9-10,20-21H2,(H,31,33)(H,32,34). The quantitative estimate of drug-likeness (QED) is 0.343. The molecule has 3 aromatic rings. The molecular formula is C29H29N3O2S. The Morgan fingerprint density at radius 3 is 2.60 bits per heavy atom. The third-order valence-corrected chi connectivity index (χ3v) is 7.00. The summed E-state index contributed by atoms with van der Waals surface area (Å²) in [7, 11) is 0. The minimum atomic E-state index is -0.217. The summed E-state index contributed by atoms with van der Waals surface area (Å²) in [6.07, 6.45) is 7.94. The lowest BCUT2D eigenvalue weighted by molar-refractivity contribution is -0.118. The van der Waals surface area contributed by atoms with Crippen LogP contribution in [0.3, 0.4) is 0 Å². The molecule has 2 amide bonds. The van der Waals surface area contributed by atoms with Gasteiger partial charge in [-0.25, -0.2) is 4.98 Å². The van der Waals surface area contributed by atoms with Gasteiger partial charge in [-0.15, -0.1) is 11.8 Å². The van der Waals surface area contributed by atoms with Crippen LogP contribution < -0.4 is 10.6 Å². The molecule has 2 N–H and O–H groups in total. The summed E-state index contributed by atoms with van der Waals surface area (Å²) in [5.74, 6) is 6.78. The van der Waals surface area contributed by atoms with Gasteiger partial charge in [-0.1, -0.05) is 49.4 Å². The number of nitrogens with zero attached hydrogens (tertiary/aromatic N) is 1. The highest BCUT2D eigenvalue weighted by Gasteiger charge is 2.16. The van der Waals surface area contributed by atoms with E-state index in [0.29, 0.717) is 22.9 Å². The third-order valence-electron chi connectivity index (χ3n) is 5.92. The van der Waals surface area contributed by atoms with E-state index in [2.05, 4.69) is 27.5 Å². The summed E-state index contributed by atoms with van der Waals surface area (Å²) in [6, 6.07) is 20.4. The summed E-state index contributed by atoms with van der Waals surface area (Å²) in [6.45, 7) is 0.751. The Kier molecular flexibility index (Phi) is 8.97. The molecule has 1 heterocycles. The Bertz CT molecular complexity index is 1210. The van der Waals surface area contributed by atoms with Crippen molar-refractivity contribution in [3.05, 3.63) is 89.7 Å². The largest absolute Gasteiger partial charge is 0.355 e. The van der Waals surface area contributed by atoms with E-state index in [0.717, 1.165) is 17.0 Å². The molecule has 0 atom stereocenters. The lowest BCUT2D eigenvalue weighted by Crippen LogP contribution is -2.31. The highest BCUT2D eigenvalue weighted by molar-refractivity contribution is 8.00. The SMILES string of the molecule is O=C(CSc1ccccc1C(=O)Nc1cccc(C#Cc2ccccn2)c1)NCC1CCCCC1. The first kappa shape index (κ1) is 24.6. The zero-order valence-electron chi connectivity index (χ0n) is 19.6. The van der Waals surface area contributed by atoms with Crippen LogP contribution in [0.15, 0.2) is 77.8 Å². The number of thioether (sulfide) groups is 1. The molecule has 1 aromatic heterocycles. The fourth-order valence-electron chi connectivity index (χ4n) is 4.07. The second-order valence-corrected chi connectivity index (χ2v) is 9.61. The Labute approximate surface area is 211 Å². The maximum atomic E-state index is 13.0. The Morgan fingerprint density at radius 2 is 1.77 bits per heavy atom. The number of pyridine rings is 1. The van der Waals surface area contributed by atoms with E-state index in [4.69, 9.17) is 0 Å². The molecule has 0 aliphatic heterocycles. The molecule has 178 valence electrons. The number of carbonyl (C=O) groups excluding carboxylic acids is 2. The molecule has 6 heteroatoms. The summed E-state index contributed by atoms with van der Waals surface area (Å²) < 4.78 is 0.